The fourth-order valence-corrected chi connectivity index (χ4v) is 4.13. The Hall–Kier alpha value is -3.19. The van der Waals surface area contributed by atoms with E-state index in [0.29, 0.717) is 12.3 Å². The SMILES string of the molecule is Cc1csc(-c2ccc(OCc3c(C)cccc3-n3nnn(C)c3=O)c(C)c2)c1. The third-order valence-electron chi connectivity index (χ3n) is 4.90. The van der Waals surface area contributed by atoms with Gasteiger partial charge in [0.1, 0.15) is 12.4 Å². The molecule has 0 spiro atoms. The van der Waals surface area contributed by atoms with Crippen molar-refractivity contribution < 1.29 is 4.74 Å². The minimum atomic E-state index is -0.288. The Morgan fingerprint density at radius 1 is 1.03 bits per heavy atom. The fraction of sp³-hybridized carbons (Fsp3) is 0.227. The Balaban J connectivity index is 1.61. The zero-order chi connectivity index (χ0) is 20.5. The highest BCUT2D eigenvalue weighted by Crippen LogP contribution is 2.31. The van der Waals surface area contributed by atoms with Crippen LogP contribution in [0.15, 0.2) is 52.6 Å². The average molecular weight is 407 g/mol. The van der Waals surface area contributed by atoms with Crippen LogP contribution >= 0.6 is 11.3 Å². The number of ether oxygens (including phenoxy) is 1. The normalized spacial score (nSPS) is 11.0. The van der Waals surface area contributed by atoms with Crippen molar-refractivity contribution in [2.45, 2.75) is 27.4 Å². The van der Waals surface area contributed by atoms with E-state index in [4.69, 9.17) is 4.74 Å². The lowest BCUT2D eigenvalue weighted by molar-refractivity contribution is 0.302. The summed E-state index contributed by atoms with van der Waals surface area (Å²) >= 11 is 1.74. The van der Waals surface area contributed by atoms with Gasteiger partial charge in [0, 0.05) is 17.5 Å². The number of aromatic nitrogens is 4. The maximum atomic E-state index is 12.3. The Labute approximate surface area is 173 Å². The lowest BCUT2D eigenvalue weighted by atomic mass is 10.1. The van der Waals surface area contributed by atoms with E-state index < -0.39 is 0 Å². The molecule has 4 aromatic rings. The van der Waals surface area contributed by atoms with Crippen LogP contribution in [0.4, 0.5) is 0 Å². The van der Waals surface area contributed by atoms with Gasteiger partial charge >= 0.3 is 5.69 Å². The van der Waals surface area contributed by atoms with Gasteiger partial charge in [-0.3, -0.25) is 0 Å². The summed E-state index contributed by atoms with van der Waals surface area (Å²) in [6.45, 7) is 6.49. The third-order valence-corrected chi connectivity index (χ3v) is 5.99. The van der Waals surface area contributed by atoms with E-state index in [1.165, 1.54) is 25.4 Å². The minimum Gasteiger partial charge on any atom is -0.489 e. The summed E-state index contributed by atoms with van der Waals surface area (Å²) in [5, 5.41) is 9.94. The molecule has 0 amide bonds. The molecule has 0 bridgehead atoms. The minimum absolute atomic E-state index is 0.288. The van der Waals surface area contributed by atoms with Crippen LogP contribution < -0.4 is 10.4 Å². The molecular weight excluding hydrogens is 384 g/mol. The number of hydrogen-bond acceptors (Lipinski definition) is 5. The number of hydrogen-bond donors (Lipinski definition) is 0. The van der Waals surface area contributed by atoms with Gasteiger partial charge in [0.25, 0.3) is 0 Å². The molecule has 0 fully saturated rings. The predicted molar refractivity (Wildman–Crippen MR) is 115 cm³/mol. The molecule has 0 N–H and O–H groups in total. The van der Waals surface area contributed by atoms with Crippen LogP contribution in [0.5, 0.6) is 5.75 Å². The van der Waals surface area contributed by atoms with Gasteiger partial charge in [0.05, 0.1) is 5.69 Å². The molecule has 0 saturated heterocycles. The highest BCUT2D eigenvalue weighted by molar-refractivity contribution is 7.13. The van der Waals surface area contributed by atoms with Crippen molar-refractivity contribution in [2.75, 3.05) is 0 Å². The van der Waals surface area contributed by atoms with Gasteiger partial charge in [-0.15, -0.1) is 11.3 Å². The van der Waals surface area contributed by atoms with Gasteiger partial charge in [0.15, 0.2) is 0 Å². The lowest BCUT2D eigenvalue weighted by Gasteiger charge is -2.14. The lowest BCUT2D eigenvalue weighted by Crippen LogP contribution is -2.23. The summed E-state index contributed by atoms with van der Waals surface area (Å²) in [6.07, 6.45) is 0. The molecule has 4 rings (SSSR count). The fourth-order valence-electron chi connectivity index (χ4n) is 3.23. The molecule has 7 heteroatoms. The zero-order valence-electron chi connectivity index (χ0n) is 16.8. The first-order valence-electron chi connectivity index (χ1n) is 9.31. The van der Waals surface area contributed by atoms with Gasteiger partial charge in [-0.2, -0.15) is 9.36 Å². The zero-order valence-corrected chi connectivity index (χ0v) is 17.7. The first kappa shape index (κ1) is 19.1. The van der Waals surface area contributed by atoms with Crippen LogP contribution in [0.2, 0.25) is 0 Å². The number of thiophene rings is 1. The number of benzene rings is 2. The van der Waals surface area contributed by atoms with Crippen LogP contribution in [0.1, 0.15) is 22.3 Å². The summed E-state index contributed by atoms with van der Waals surface area (Å²) in [5.74, 6) is 0.822. The number of aryl methyl sites for hydroxylation is 4. The molecule has 0 radical (unpaired) electrons. The second-order valence-corrected chi connectivity index (χ2v) is 8.04. The van der Waals surface area contributed by atoms with Gasteiger partial charge in [0.2, 0.25) is 0 Å². The predicted octanol–water partition coefficient (Wildman–Crippen LogP) is 4.20. The van der Waals surface area contributed by atoms with Gasteiger partial charge in [-0.05, 0) is 89.2 Å². The second kappa shape index (κ2) is 7.67. The number of rotatable bonds is 5. The van der Waals surface area contributed by atoms with Gasteiger partial charge < -0.3 is 4.74 Å². The van der Waals surface area contributed by atoms with Crippen LogP contribution in [-0.4, -0.2) is 19.8 Å². The molecule has 29 heavy (non-hydrogen) atoms. The number of nitrogens with zero attached hydrogens (tertiary/aromatic N) is 4. The van der Waals surface area contributed by atoms with E-state index in [1.54, 1.807) is 18.4 Å². The summed E-state index contributed by atoms with van der Waals surface area (Å²) < 4.78 is 8.66. The Morgan fingerprint density at radius 3 is 2.52 bits per heavy atom. The molecule has 0 atom stereocenters. The molecule has 0 saturated carbocycles. The first-order valence-corrected chi connectivity index (χ1v) is 10.2. The standard InChI is InChI=1S/C22H22N4O2S/c1-14-10-21(29-13-14)17-8-9-20(16(3)11-17)28-12-18-15(2)6-5-7-19(18)26-22(27)25(4)23-24-26/h5-11,13H,12H2,1-4H3. The topological polar surface area (TPSA) is 61.9 Å². The molecule has 2 aromatic carbocycles. The van der Waals surface area contributed by atoms with Crippen molar-refractivity contribution in [3.8, 4) is 21.9 Å². The van der Waals surface area contributed by atoms with E-state index >= 15 is 0 Å². The van der Waals surface area contributed by atoms with Crippen molar-refractivity contribution in [1.29, 1.82) is 0 Å². The molecule has 0 aliphatic rings. The van der Waals surface area contributed by atoms with E-state index in [-0.39, 0.29) is 5.69 Å². The van der Waals surface area contributed by atoms with E-state index in [9.17, 15) is 4.79 Å². The third kappa shape index (κ3) is 3.73. The quantitative estimate of drug-likeness (QED) is 0.498. The van der Waals surface area contributed by atoms with Crippen molar-refractivity contribution >= 4 is 11.3 Å². The summed E-state index contributed by atoms with van der Waals surface area (Å²) in [4.78, 5) is 13.5. The molecule has 2 aromatic heterocycles. The van der Waals surface area contributed by atoms with Gasteiger partial charge in [-0.25, -0.2) is 4.79 Å². The van der Waals surface area contributed by atoms with Gasteiger partial charge in [-0.1, -0.05) is 12.1 Å². The Morgan fingerprint density at radius 2 is 1.86 bits per heavy atom. The van der Waals surface area contributed by atoms with E-state index in [2.05, 4.69) is 40.9 Å². The number of tetrazole rings is 1. The van der Waals surface area contributed by atoms with Crippen molar-refractivity contribution in [1.82, 2.24) is 19.8 Å². The first-order chi connectivity index (χ1) is 13.9. The molecular formula is C22H22N4O2S. The average Bonchev–Trinajstić information content (AvgIpc) is 3.27. The highest BCUT2D eigenvalue weighted by atomic mass is 32.1. The van der Waals surface area contributed by atoms with Crippen LogP contribution in [0.3, 0.4) is 0 Å². The van der Waals surface area contributed by atoms with Crippen molar-refractivity contribution in [3.05, 3.63) is 80.6 Å². The molecule has 2 heterocycles. The molecule has 6 nitrogen and oxygen atoms in total. The Bertz CT molecular complexity index is 1240. The summed E-state index contributed by atoms with van der Waals surface area (Å²) in [7, 11) is 1.58. The monoisotopic (exact) mass is 406 g/mol. The van der Waals surface area contributed by atoms with Crippen LogP contribution in [-0.2, 0) is 13.7 Å². The molecule has 0 aliphatic carbocycles. The summed E-state index contributed by atoms with van der Waals surface area (Å²) in [5.41, 5.74) is 5.87. The molecule has 0 unspecified atom stereocenters. The Kier molecular flexibility index (Phi) is 5.07. The second-order valence-electron chi connectivity index (χ2n) is 7.13. The van der Waals surface area contributed by atoms with Crippen LogP contribution in [0, 0.1) is 20.8 Å². The van der Waals surface area contributed by atoms with E-state index in [1.807, 2.05) is 38.1 Å². The van der Waals surface area contributed by atoms with Crippen molar-refractivity contribution in [3.63, 3.8) is 0 Å². The largest absolute Gasteiger partial charge is 0.489 e. The maximum absolute atomic E-state index is 12.3. The molecule has 0 aliphatic heterocycles. The highest BCUT2D eigenvalue weighted by Gasteiger charge is 2.14. The maximum Gasteiger partial charge on any atom is 0.368 e. The molecule has 148 valence electrons. The summed E-state index contributed by atoms with van der Waals surface area (Å²) in [6, 6.07) is 14.2. The van der Waals surface area contributed by atoms with E-state index in [0.717, 1.165) is 22.4 Å². The van der Waals surface area contributed by atoms with Crippen molar-refractivity contribution in [2.24, 2.45) is 7.05 Å². The van der Waals surface area contributed by atoms with Crippen LogP contribution in [0.25, 0.3) is 16.1 Å². The smallest absolute Gasteiger partial charge is 0.368 e.